The molecule has 0 spiro atoms. The molecule has 0 unspecified atom stereocenters. The van der Waals surface area contributed by atoms with Gasteiger partial charge in [-0.3, -0.25) is 0 Å². The largest absolute Gasteiger partial charge is 0.135 e. The highest BCUT2D eigenvalue weighted by molar-refractivity contribution is 7.66. The first kappa shape index (κ1) is 17.4. The SMILES string of the molecule is CCCP(CCC)c1cc(-c2ccccc2)sc1-c1ccccc1. The van der Waals surface area contributed by atoms with E-state index in [0.29, 0.717) is 0 Å². The smallest absolute Gasteiger partial charge is 0.0426 e. The predicted octanol–water partition coefficient (Wildman–Crippen LogP) is 7.01. The molecule has 2 heteroatoms. The number of hydrogen-bond donors (Lipinski definition) is 0. The van der Waals surface area contributed by atoms with Crippen LogP contribution in [-0.4, -0.2) is 12.3 Å². The molecule has 0 N–H and O–H groups in total. The Morgan fingerprint density at radius 1 is 0.750 bits per heavy atom. The summed E-state index contributed by atoms with van der Waals surface area (Å²) in [5.74, 6) is 0. The van der Waals surface area contributed by atoms with E-state index in [1.165, 1.54) is 46.0 Å². The summed E-state index contributed by atoms with van der Waals surface area (Å²) in [5.41, 5.74) is 2.72. The van der Waals surface area contributed by atoms with Crippen LogP contribution < -0.4 is 5.30 Å². The minimum Gasteiger partial charge on any atom is -0.135 e. The van der Waals surface area contributed by atoms with Crippen LogP contribution in [0.1, 0.15) is 26.7 Å². The number of benzene rings is 2. The Kier molecular flexibility index (Phi) is 6.24. The summed E-state index contributed by atoms with van der Waals surface area (Å²) < 4.78 is 0. The Bertz CT molecular complexity index is 740. The molecule has 1 heterocycles. The second-order valence-electron chi connectivity index (χ2n) is 6.04. The van der Waals surface area contributed by atoms with E-state index in [2.05, 4.69) is 80.6 Å². The molecule has 0 aliphatic heterocycles. The van der Waals surface area contributed by atoms with E-state index >= 15 is 0 Å². The molecule has 24 heavy (non-hydrogen) atoms. The highest BCUT2D eigenvalue weighted by Crippen LogP contribution is 2.45. The molecular formula is C22H25PS. The lowest BCUT2D eigenvalue weighted by Gasteiger charge is -2.17. The monoisotopic (exact) mass is 352 g/mol. The third-order valence-electron chi connectivity index (χ3n) is 4.13. The lowest BCUT2D eigenvalue weighted by molar-refractivity contribution is 1.06. The molecule has 0 nitrogen and oxygen atoms in total. The molecule has 1 aromatic heterocycles. The van der Waals surface area contributed by atoms with E-state index in [1.54, 1.807) is 5.30 Å². The Hall–Kier alpha value is -1.43. The summed E-state index contributed by atoms with van der Waals surface area (Å²) in [6, 6.07) is 24.2. The maximum atomic E-state index is 2.49. The second kappa shape index (κ2) is 8.60. The van der Waals surface area contributed by atoms with Crippen LogP contribution in [0.4, 0.5) is 0 Å². The van der Waals surface area contributed by atoms with Crippen LogP contribution in [0.25, 0.3) is 20.9 Å². The van der Waals surface area contributed by atoms with Gasteiger partial charge in [-0.05, 0) is 34.8 Å². The van der Waals surface area contributed by atoms with Crippen LogP contribution in [0.2, 0.25) is 0 Å². The molecule has 0 atom stereocenters. The molecule has 0 radical (unpaired) electrons. The van der Waals surface area contributed by atoms with E-state index in [9.17, 15) is 0 Å². The lowest BCUT2D eigenvalue weighted by Crippen LogP contribution is -2.06. The van der Waals surface area contributed by atoms with E-state index < -0.39 is 0 Å². The van der Waals surface area contributed by atoms with Crippen LogP contribution in [-0.2, 0) is 0 Å². The molecule has 2 aromatic carbocycles. The van der Waals surface area contributed by atoms with Gasteiger partial charge < -0.3 is 0 Å². The average molecular weight is 352 g/mol. The first-order valence-electron chi connectivity index (χ1n) is 8.83. The molecule has 124 valence electrons. The zero-order valence-corrected chi connectivity index (χ0v) is 16.2. The highest BCUT2D eigenvalue weighted by atomic mass is 32.1. The van der Waals surface area contributed by atoms with Crippen molar-refractivity contribution in [3.05, 3.63) is 66.7 Å². The van der Waals surface area contributed by atoms with Crippen LogP contribution in [0, 0.1) is 0 Å². The van der Waals surface area contributed by atoms with Crippen molar-refractivity contribution >= 4 is 24.6 Å². The zero-order chi connectivity index (χ0) is 16.8. The summed E-state index contributed by atoms with van der Waals surface area (Å²) in [6.45, 7) is 4.63. The van der Waals surface area contributed by atoms with Crippen LogP contribution in [0.15, 0.2) is 66.7 Å². The minimum absolute atomic E-state index is 0.0595. The maximum absolute atomic E-state index is 2.49. The van der Waals surface area contributed by atoms with Gasteiger partial charge in [0.05, 0.1) is 0 Å². The van der Waals surface area contributed by atoms with Gasteiger partial charge in [0.15, 0.2) is 0 Å². The van der Waals surface area contributed by atoms with Gasteiger partial charge in [-0.1, -0.05) is 95.3 Å². The third-order valence-corrected chi connectivity index (χ3v) is 8.53. The average Bonchev–Trinajstić information content (AvgIpc) is 3.08. The Morgan fingerprint density at radius 3 is 1.83 bits per heavy atom. The molecule has 0 saturated carbocycles. The molecule has 3 rings (SSSR count). The van der Waals surface area contributed by atoms with Gasteiger partial charge in [0, 0.05) is 9.75 Å². The van der Waals surface area contributed by atoms with Crippen LogP contribution in [0.5, 0.6) is 0 Å². The minimum atomic E-state index is -0.0595. The molecule has 0 aliphatic carbocycles. The van der Waals surface area contributed by atoms with Crippen LogP contribution >= 0.6 is 19.3 Å². The maximum Gasteiger partial charge on any atom is 0.0426 e. The van der Waals surface area contributed by atoms with Crippen molar-refractivity contribution in [2.24, 2.45) is 0 Å². The zero-order valence-electron chi connectivity index (χ0n) is 14.5. The molecule has 0 aliphatic rings. The molecule has 0 bridgehead atoms. The van der Waals surface area contributed by atoms with Gasteiger partial charge >= 0.3 is 0 Å². The van der Waals surface area contributed by atoms with Crippen molar-refractivity contribution in [1.82, 2.24) is 0 Å². The van der Waals surface area contributed by atoms with Gasteiger partial charge in [-0.15, -0.1) is 11.3 Å². The summed E-state index contributed by atoms with van der Waals surface area (Å²) in [6.07, 6.45) is 5.23. The number of thiophene rings is 1. The fourth-order valence-electron chi connectivity index (χ4n) is 3.05. The van der Waals surface area contributed by atoms with Gasteiger partial charge in [0.1, 0.15) is 0 Å². The van der Waals surface area contributed by atoms with E-state index in [1.807, 2.05) is 11.3 Å². The lowest BCUT2D eigenvalue weighted by atomic mass is 10.1. The quantitative estimate of drug-likeness (QED) is 0.401. The normalized spacial score (nSPS) is 11.1. The van der Waals surface area contributed by atoms with Crippen molar-refractivity contribution in [2.75, 3.05) is 12.3 Å². The Labute approximate surface area is 151 Å². The van der Waals surface area contributed by atoms with Gasteiger partial charge in [-0.25, -0.2) is 0 Å². The highest BCUT2D eigenvalue weighted by Gasteiger charge is 2.19. The first-order valence-corrected chi connectivity index (χ1v) is 11.4. The molecule has 0 fully saturated rings. The van der Waals surface area contributed by atoms with E-state index in [0.717, 1.165) is 0 Å². The molecule has 0 amide bonds. The van der Waals surface area contributed by atoms with E-state index in [4.69, 9.17) is 0 Å². The molecular weight excluding hydrogens is 327 g/mol. The van der Waals surface area contributed by atoms with Crippen molar-refractivity contribution in [3.8, 4) is 20.9 Å². The predicted molar refractivity (Wildman–Crippen MR) is 112 cm³/mol. The Balaban J connectivity index is 2.09. The van der Waals surface area contributed by atoms with Gasteiger partial charge in [-0.2, -0.15) is 0 Å². The molecule has 0 saturated heterocycles. The van der Waals surface area contributed by atoms with Gasteiger partial charge in [0.25, 0.3) is 0 Å². The Morgan fingerprint density at radius 2 is 1.29 bits per heavy atom. The summed E-state index contributed by atoms with van der Waals surface area (Å²) in [4.78, 5) is 2.90. The standard InChI is InChI=1S/C22H25PS/c1-3-15-23(16-4-2)20-17-21(18-11-7-5-8-12-18)24-22(20)19-13-9-6-10-14-19/h5-14,17H,3-4,15-16H2,1-2H3. The van der Waals surface area contributed by atoms with Gasteiger partial charge in [0.2, 0.25) is 0 Å². The summed E-state index contributed by atoms with van der Waals surface area (Å²) >= 11 is 1.96. The second-order valence-corrected chi connectivity index (χ2v) is 9.55. The third kappa shape index (κ3) is 3.97. The number of hydrogen-bond acceptors (Lipinski definition) is 1. The summed E-state index contributed by atoms with van der Waals surface area (Å²) in [7, 11) is -0.0595. The first-order chi connectivity index (χ1) is 11.8. The molecule has 3 aromatic rings. The van der Waals surface area contributed by atoms with Crippen molar-refractivity contribution in [2.45, 2.75) is 26.7 Å². The number of rotatable bonds is 7. The van der Waals surface area contributed by atoms with Crippen molar-refractivity contribution in [1.29, 1.82) is 0 Å². The fraction of sp³-hybridized carbons (Fsp3) is 0.273. The topological polar surface area (TPSA) is 0 Å². The van der Waals surface area contributed by atoms with Crippen molar-refractivity contribution < 1.29 is 0 Å². The van der Waals surface area contributed by atoms with Crippen molar-refractivity contribution in [3.63, 3.8) is 0 Å². The fourth-order valence-corrected chi connectivity index (χ4v) is 7.24. The summed E-state index contributed by atoms with van der Waals surface area (Å²) in [5, 5.41) is 1.61. The van der Waals surface area contributed by atoms with Crippen LogP contribution in [0.3, 0.4) is 0 Å². The van der Waals surface area contributed by atoms with E-state index in [-0.39, 0.29) is 7.92 Å².